The number of phenols is 1. The van der Waals surface area contributed by atoms with Gasteiger partial charge in [0.15, 0.2) is 0 Å². The van der Waals surface area contributed by atoms with Gasteiger partial charge in [0.25, 0.3) is 0 Å². The van der Waals surface area contributed by atoms with Gasteiger partial charge < -0.3 is 18.7 Å². The van der Waals surface area contributed by atoms with Gasteiger partial charge in [0.2, 0.25) is 0 Å². The van der Waals surface area contributed by atoms with Gasteiger partial charge >= 0.3 is 15.6 Å². The Labute approximate surface area is 470 Å². The first kappa shape index (κ1) is 65.3. The van der Waals surface area contributed by atoms with Crippen LogP contribution in [0, 0.1) is 0 Å². The van der Waals surface area contributed by atoms with Crippen molar-refractivity contribution in [1.82, 2.24) is 0 Å². The first-order chi connectivity index (χ1) is 33.2. The van der Waals surface area contributed by atoms with E-state index in [9.17, 15) is 28.9 Å². The summed E-state index contributed by atoms with van der Waals surface area (Å²) in [6, 6.07) is 16.5. The van der Waals surface area contributed by atoms with E-state index in [4.69, 9.17) is 13.6 Å². The van der Waals surface area contributed by atoms with Gasteiger partial charge in [-0.25, -0.2) is 9.13 Å². The van der Waals surface area contributed by atoms with E-state index in [2.05, 4.69) is 175 Å². The third-order valence-corrected chi connectivity index (χ3v) is 18.3. The van der Waals surface area contributed by atoms with Crippen LogP contribution in [-0.4, -0.2) is 29.0 Å². The van der Waals surface area contributed by atoms with Crippen LogP contribution in [0.15, 0.2) is 68.1 Å². The third kappa shape index (κ3) is 17.7. The molecule has 420 valence electrons. The number of hydrogen-bond donors (Lipinski definition) is 4. The lowest BCUT2D eigenvalue weighted by atomic mass is 9.79. The molecule has 0 radical (unpaired) electrons. The molecule has 4 aromatic rings. The number of benzene rings is 4. The maximum absolute atomic E-state index is 14.9. The van der Waals surface area contributed by atoms with E-state index in [1.807, 2.05) is 53.7 Å². The van der Waals surface area contributed by atoms with Crippen molar-refractivity contribution in [1.29, 1.82) is 0 Å². The maximum atomic E-state index is 14.9. The summed E-state index contributed by atoms with van der Waals surface area (Å²) in [7, 11) is -9.76. The standard InChI is InChI=1S/C60H92O9P2S4/c1-52(2,3)40-27-36(28-41(48(40)61)53(4,5)6)72-35-73-37-29-42(54(7,8)9)50(43(30-37)55(10,11)12)68-71(65,66)69-51-46(58(19,20)21)33-39(34-47(51)59(22,23)24)75-60(25,26)74-38-31-44(56(13,14)15)49(67-70(62,63)64)45(32-38)57(16,17)18/h27-34,61H,35H2,1-26H3,(H,65,66)(H2,62,63,64). The van der Waals surface area contributed by atoms with E-state index >= 15 is 0 Å². The van der Waals surface area contributed by atoms with Crippen LogP contribution in [0.25, 0.3) is 0 Å². The minimum atomic E-state index is -4.90. The molecule has 0 aliphatic rings. The average molecular weight is 1150 g/mol. The highest BCUT2D eigenvalue weighted by atomic mass is 32.2. The molecule has 0 spiro atoms. The lowest BCUT2D eigenvalue weighted by Crippen LogP contribution is -2.22. The number of rotatable bonds is 14. The summed E-state index contributed by atoms with van der Waals surface area (Å²) in [5.74, 6) is 1.23. The number of phosphoric acid groups is 2. The van der Waals surface area contributed by atoms with E-state index in [1.54, 1.807) is 47.0 Å². The van der Waals surface area contributed by atoms with Crippen molar-refractivity contribution in [3.05, 3.63) is 93.0 Å². The summed E-state index contributed by atoms with van der Waals surface area (Å²) < 4.78 is 45.1. The molecule has 0 saturated carbocycles. The number of thioether (sulfide) groups is 4. The summed E-state index contributed by atoms with van der Waals surface area (Å²) in [5.41, 5.74) is 2.83. The second-order valence-electron chi connectivity index (χ2n) is 28.7. The Morgan fingerprint density at radius 1 is 0.360 bits per heavy atom. The van der Waals surface area contributed by atoms with E-state index in [0.29, 0.717) is 33.5 Å². The van der Waals surface area contributed by atoms with Crippen LogP contribution in [0.5, 0.6) is 23.0 Å². The van der Waals surface area contributed by atoms with Crippen molar-refractivity contribution in [3.8, 4) is 23.0 Å². The molecule has 1 unspecified atom stereocenters. The topological polar surface area (TPSA) is 143 Å². The summed E-state index contributed by atoms with van der Waals surface area (Å²) in [6.45, 7) is 54.0. The van der Waals surface area contributed by atoms with Gasteiger partial charge in [-0.15, -0.1) is 47.0 Å². The highest BCUT2D eigenvalue weighted by Gasteiger charge is 2.40. The van der Waals surface area contributed by atoms with E-state index in [-0.39, 0.29) is 16.6 Å². The molecule has 0 amide bonds. The summed E-state index contributed by atoms with van der Waals surface area (Å²) >= 11 is 6.75. The first-order valence-electron chi connectivity index (χ1n) is 25.8. The molecular weight excluding hydrogens is 1050 g/mol. The van der Waals surface area contributed by atoms with Gasteiger partial charge in [0, 0.05) is 69.2 Å². The number of aromatic hydroxyl groups is 1. The molecule has 75 heavy (non-hydrogen) atoms. The van der Waals surface area contributed by atoms with Crippen LogP contribution in [0.2, 0.25) is 0 Å². The van der Waals surface area contributed by atoms with Crippen LogP contribution in [0.3, 0.4) is 0 Å². The fraction of sp³-hybridized carbons (Fsp3) is 0.600. The Bertz CT molecular complexity index is 2690. The van der Waals surface area contributed by atoms with Gasteiger partial charge in [-0.3, -0.25) is 14.7 Å². The Kier molecular flexibility index (Phi) is 19.2. The first-order valence-corrected chi connectivity index (χ1v) is 32.4. The van der Waals surface area contributed by atoms with Crippen molar-refractivity contribution in [2.75, 3.05) is 5.08 Å². The molecule has 0 bridgehead atoms. The fourth-order valence-electron chi connectivity index (χ4n) is 8.60. The summed E-state index contributed by atoms with van der Waals surface area (Å²) in [6.07, 6.45) is 0. The Morgan fingerprint density at radius 3 is 0.800 bits per heavy atom. The number of phosphoric ester groups is 2. The average Bonchev–Trinajstić information content (AvgIpc) is 3.15. The Hall–Kier alpha value is -2.18. The SMILES string of the molecule is CC(C)(Sc1cc(C(C)(C)C)c(OP(=O)(O)O)c(C(C)(C)C)c1)Sc1cc(C(C)(C)C)c(OP(=O)(O)Oc2c(C(C)(C)C)cc(SCSc3cc(C(C)(C)C)c(O)c(C(C)(C)C)c3)cc2C(C)(C)C)c(C(C)(C)C)c1. The molecule has 0 fully saturated rings. The molecule has 4 N–H and O–H groups in total. The molecule has 4 rings (SSSR count). The summed E-state index contributed by atoms with van der Waals surface area (Å²) in [4.78, 5) is 36.2. The normalized spacial score (nSPS) is 14.7. The molecule has 15 heteroatoms. The van der Waals surface area contributed by atoms with Gasteiger partial charge in [-0.05, 0) is 106 Å². The largest absolute Gasteiger partial charge is 0.584 e. The Morgan fingerprint density at radius 2 is 0.573 bits per heavy atom. The van der Waals surface area contributed by atoms with E-state index in [0.717, 1.165) is 53.0 Å². The minimum Gasteiger partial charge on any atom is -0.507 e. The fourth-order valence-corrected chi connectivity index (χ4v) is 14.6. The monoisotopic (exact) mass is 1150 g/mol. The predicted octanol–water partition coefficient (Wildman–Crippen LogP) is 19.3. The van der Waals surface area contributed by atoms with Gasteiger partial charge in [-0.2, -0.15) is 0 Å². The molecule has 1 atom stereocenters. The van der Waals surface area contributed by atoms with Gasteiger partial charge in [0.1, 0.15) is 23.0 Å². The zero-order valence-corrected chi connectivity index (χ0v) is 55.2. The zero-order chi connectivity index (χ0) is 58.1. The smallest absolute Gasteiger partial charge is 0.507 e. The van der Waals surface area contributed by atoms with Crippen LogP contribution < -0.4 is 13.6 Å². The second kappa shape index (κ2) is 22.0. The summed E-state index contributed by atoms with van der Waals surface area (Å²) in [5, 5.41) is 12.1. The molecule has 0 heterocycles. The zero-order valence-electron chi connectivity index (χ0n) is 50.2. The molecular formula is C60H92O9P2S4. The molecule has 4 aromatic carbocycles. The molecule has 0 aliphatic heterocycles. The number of phenolic OH excluding ortho intramolecular Hbond substituents is 1. The number of hydrogen-bond acceptors (Lipinski definition) is 10. The van der Waals surface area contributed by atoms with Crippen molar-refractivity contribution in [3.63, 3.8) is 0 Å². The van der Waals surface area contributed by atoms with Gasteiger partial charge in [-0.1, -0.05) is 166 Å². The van der Waals surface area contributed by atoms with Crippen LogP contribution in [-0.2, 0) is 52.5 Å². The predicted molar refractivity (Wildman–Crippen MR) is 323 cm³/mol. The minimum absolute atomic E-state index is 0.214. The van der Waals surface area contributed by atoms with Crippen molar-refractivity contribution in [2.45, 2.75) is 247 Å². The highest BCUT2D eigenvalue weighted by Crippen LogP contribution is 2.57. The highest BCUT2D eigenvalue weighted by molar-refractivity contribution is 8.18. The molecule has 0 aromatic heterocycles. The Balaban J connectivity index is 1.80. The lowest BCUT2D eigenvalue weighted by Gasteiger charge is -2.34. The second-order valence-corrected chi connectivity index (χ2v) is 37.2. The van der Waals surface area contributed by atoms with Gasteiger partial charge in [0.05, 0.1) is 4.08 Å². The van der Waals surface area contributed by atoms with Crippen LogP contribution in [0.4, 0.5) is 0 Å². The van der Waals surface area contributed by atoms with Crippen LogP contribution in [0.1, 0.15) is 225 Å². The molecule has 0 aliphatic carbocycles. The third-order valence-electron chi connectivity index (χ3n) is 12.5. The molecule has 0 saturated heterocycles. The van der Waals surface area contributed by atoms with E-state index < -0.39 is 52.2 Å². The molecule has 9 nitrogen and oxygen atoms in total. The van der Waals surface area contributed by atoms with Crippen LogP contribution >= 0.6 is 62.7 Å². The quantitative estimate of drug-likeness (QED) is 0.0541. The van der Waals surface area contributed by atoms with Crippen molar-refractivity contribution >= 4 is 62.7 Å². The maximum Gasteiger partial charge on any atom is 0.584 e. The van der Waals surface area contributed by atoms with Crippen molar-refractivity contribution < 1.29 is 42.5 Å². The lowest BCUT2D eigenvalue weighted by molar-refractivity contribution is 0.276. The van der Waals surface area contributed by atoms with Crippen molar-refractivity contribution in [2.24, 2.45) is 0 Å². The van der Waals surface area contributed by atoms with E-state index in [1.165, 1.54) is 0 Å².